The summed E-state index contributed by atoms with van der Waals surface area (Å²) in [6, 6.07) is 10.0. The Morgan fingerprint density at radius 3 is 2.47 bits per heavy atom. The smallest absolute Gasteiger partial charge is 0.113 e. The van der Waals surface area contributed by atoms with Crippen molar-refractivity contribution in [2.24, 2.45) is 0 Å². The molecule has 2 aromatic rings. The molecule has 96 valence electrons. The van der Waals surface area contributed by atoms with Gasteiger partial charge in [-0.05, 0) is 43.0 Å². The Bertz CT molecular complexity index is 567. The average molecular weight is 250 g/mol. The molecule has 0 N–H and O–H groups in total. The van der Waals surface area contributed by atoms with E-state index in [-0.39, 0.29) is 5.54 Å². The topological polar surface area (TPSA) is 17.8 Å². The van der Waals surface area contributed by atoms with Crippen LogP contribution in [-0.4, -0.2) is 9.55 Å². The van der Waals surface area contributed by atoms with Gasteiger partial charge in [0, 0.05) is 18.6 Å². The second-order valence-corrected chi connectivity index (χ2v) is 5.15. The number of nitrogens with zero attached hydrogens (tertiary/aromatic N) is 2. The Balaban J connectivity index is 1.95. The molecule has 0 bridgehead atoms. The maximum Gasteiger partial charge on any atom is 0.113 e. The second-order valence-electron chi connectivity index (χ2n) is 5.15. The van der Waals surface area contributed by atoms with Crippen molar-refractivity contribution in [1.82, 2.24) is 9.55 Å². The number of hydrogen-bond donors (Lipinski definition) is 0. The second kappa shape index (κ2) is 5.32. The Kier molecular flexibility index (Phi) is 3.37. The fourth-order valence-electron chi connectivity index (χ4n) is 2.82. The van der Waals surface area contributed by atoms with Gasteiger partial charge in [0.2, 0.25) is 0 Å². The minimum absolute atomic E-state index is 0.0285. The molecular formula is C17H18N2. The zero-order valence-electron chi connectivity index (χ0n) is 11.0. The Labute approximate surface area is 114 Å². The van der Waals surface area contributed by atoms with Gasteiger partial charge >= 0.3 is 0 Å². The fourth-order valence-corrected chi connectivity index (χ4v) is 2.82. The monoisotopic (exact) mass is 250 g/mol. The van der Waals surface area contributed by atoms with Gasteiger partial charge in [0.1, 0.15) is 11.2 Å². The first-order valence-electron chi connectivity index (χ1n) is 6.97. The number of hydrogen-bond acceptors (Lipinski definition) is 1. The van der Waals surface area contributed by atoms with Gasteiger partial charge in [-0.1, -0.05) is 31.2 Å². The van der Waals surface area contributed by atoms with Crippen LogP contribution in [0.5, 0.6) is 0 Å². The summed E-state index contributed by atoms with van der Waals surface area (Å²) in [5, 5.41) is 0. The van der Waals surface area contributed by atoms with E-state index >= 15 is 0 Å². The standard InChI is InChI=1S/C17H18N2/c1-3-10-17(11-4-1,19-14-6-7-15-19)12-9-16-8-2-5-13-18-16/h2,5-8,13-15H,1,3-4,10-11H2. The summed E-state index contributed by atoms with van der Waals surface area (Å²) in [7, 11) is 0. The summed E-state index contributed by atoms with van der Waals surface area (Å²) in [5.74, 6) is 6.77. The molecule has 0 saturated heterocycles. The summed E-state index contributed by atoms with van der Waals surface area (Å²) < 4.78 is 2.28. The van der Waals surface area contributed by atoms with E-state index < -0.39 is 0 Å². The van der Waals surface area contributed by atoms with Gasteiger partial charge < -0.3 is 4.57 Å². The maximum absolute atomic E-state index is 4.29. The van der Waals surface area contributed by atoms with Crippen molar-refractivity contribution < 1.29 is 0 Å². The molecule has 0 atom stereocenters. The number of pyridine rings is 1. The molecule has 0 aliphatic heterocycles. The molecule has 2 aromatic heterocycles. The van der Waals surface area contributed by atoms with E-state index in [4.69, 9.17) is 0 Å². The summed E-state index contributed by atoms with van der Waals surface area (Å²) in [4.78, 5) is 4.29. The molecule has 0 radical (unpaired) electrons. The normalized spacial score (nSPS) is 17.5. The van der Waals surface area contributed by atoms with Crippen LogP contribution in [0.4, 0.5) is 0 Å². The molecule has 2 heterocycles. The molecule has 2 heteroatoms. The van der Waals surface area contributed by atoms with Crippen molar-refractivity contribution in [3.8, 4) is 11.8 Å². The van der Waals surface area contributed by atoms with Crippen LogP contribution in [-0.2, 0) is 5.54 Å². The number of rotatable bonds is 1. The van der Waals surface area contributed by atoms with Crippen molar-refractivity contribution in [3.05, 3.63) is 54.6 Å². The van der Waals surface area contributed by atoms with E-state index in [9.17, 15) is 0 Å². The third kappa shape index (κ3) is 2.56. The molecule has 19 heavy (non-hydrogen) atoms. The van der Waals surface area contributed by atoms with Crippen LogP contribution in [0.3, 0.4) is 0 Å². The van der Waals surface area contributed by atoms with Crippen LogP contribution in [0, 0.1) is 11.8 Å². The van der Waals surface area contributed by atoms with Gasteiger partial charge in [0.15, 0.2) is 0 Å². The zero-order chi connectivity index (χ0) is 13.0. The van der Waals surface area contributed by atoms with E-state index in [1.54, 1.807) is 6.20 Å². The lowest BCUT2D eigenvalue weighted by atomic mass is 9.82. The van der Waals surface area contributed by atoms with Gasteiger partial charge in [0.25, 0.3) is 0 Å². The molecule has 2 nitrogen and oxygen atoms in total. The summed E-state index contributed by atoms with van der Waals surface area (Å²) in [6.45, 7) is 0. The molecule has 0 spiro atoms. The largest absolute Gasteiger partial charge is 0.337 e. The minimum Gasteiger partial charge on any atom is -0.337 e. The van der Waals surface area contributed by atoms with Crippen LogP contribution in [0.2, 0.25) is 0 Å². The molecule has 1 aliphatic rings. The predicted molar refractivity (Wildman–Crippen MR) is 76.6 cm³/mol. The predicted octanol–water partition coefficient (Wildman–Crippen LogP) is 3.59. The van der Waals surface area contributed by atoms with Gasteiger partial charge in [-0.15, -0.1) is 0 Å². The van der Waals surface area contributed by atoms with Crippen molar-refractivity contribution >= 4 is 0 Å². The van der Waals surface area contributed by atoms with Crippen molar-refractivity contribution in [3.63, 3.8) is 0 Å². The van der Waals surface area contributed by atoms with Crippen molar-refractivity contribution in [1.29, 1.82) is 0 Å². The highest BCUT2D eigenvalue weighted by Gasteiger charge is 2.31. The molecule has 1 saturated carbocycles. The van der Waals surface area contributed by atoms with Gasteiger partial charge in [-0.2, -0.15) is 0 Å². The minimum atomic E-state index is -0.0285. The van der Waals surface area contributed by atoms with Gasteiger partial charge in [0.05, 0.1) is 0 Å². The SMILES string of the molecule is C(#CC1(n2cccc2)CCCCC1)c1ccccn1. The van der Waals surface area contributed by atoms with E-state index in [1.807, 2.05) is 18.2 Å². The highest BCUT2D eigenvalue weighted by atomic mass is 15.0. The van der Waals surface area contributed by atoms with Crippen LogP contribution in [0.1, 0.15) is 37.8 Å². The van der Waals surface area contributed by atoms with E-state index in [2.05, 4.69) is 45.9 Å². The Hall–Kier alpha value is -2.01. The fraction of sp³-hybridized carbons (Fsp3) is 0.353. The van der Waals surface area contributed by atoms with Crippen molar-refractivity contribution in [2.45, 2.75) is 37.6 Å². The van der Waals surface area contributed by atoms with Crippen molar-refractivity contribution in [2.75, 3.05) is 0 Å². The van der Waals surface area contributed by atoms with Crippen LogP contribution in [0.25, 0.3) is 0 Å². The molecule has 0 unspecified atom stereocenters. The molecule has 3 rings (SSSR count). The van der Waals surface area contributed by atoms with Crippen LogP contribution < -0.4 is 0 Å². The number of aromatic nitrogens is 2. The van der Waals surface area contributed by atoms with Crippen LogP contribution in [0.15, 0.2) is 48.9 Å². The molecule has 1 aliphatic carbocycles. The van der Waals surface area contributed by atoms with E-state index in [0.717, 1.165) is 18.5 Å². The Morgan fingerprint density at radius 1 is 1.00 bits per heavy atom. The first kappa shape index (κ1) is 12.0. The maximum atomic E-state index is 4.29. The lowest BCUT2D eigenvalue weighted by molar-refractivity contribution is 0.270. The summed E-state index contributed by atoms with van der Waals surface area (Å²) in [5.41, 5.74) is 0.832. The van der Waals surface area contributed by atoms with E-state index in [1.165, 1.54) is 19.3 Å². The molecule has 0 aromatic carbocycles. The third-order valence-electron chi connectivity index (χ3n) is 3.87. The molecule has 1 fully saturated rings. The van der Waals surface area contributed by atoms with Gasteiger partial charge in [-0.3, -0.25) is 0 Å². The Morgan fingerprint density at radius 2 is 1.79 bits per heavy atom. The molecule has 0 amide bonds. The quantitative estimate of drug-likeness (QED) is 0.707. The summed E-state index contributed by atoms with van der Waals surface area (Å²) in [6.07, 6.45) is 12.2. The lowest BCUT2D eigenvalue weighted by Gasteiger charge is -2.34. The lowest BCUT2D eigenvalue weighted by Crippen LogP contribution is -2.33. The summed E-state index contributed by atoms with van der Waals surface area (Å²) >= 11 is 0. The highest BCUT2D eigenvalue weighted by Crippen LogP contribution is 2.34. The first-order chi connectivity index (χ1) is 9.39. The van der Waals surface area contributed by atoms with E-state index in [0.29, 0.717) is 0 Å². The highest BCUT2D eigenvalue weighted by molar-refractivity contribution is 5.31. The van der Waals surface area contributed by atoms with Crippen LogP contribution >= 0.6 is 0 Å². The van der Waals surface area contributed by atoms with Gasteiger partial charge in [-0.25, -0.2) is 4.98 Å². The first-order valence-corrected chi connectivity index (χ1v) is 6.97. The zero-order valence-corrected chi connectivity index (χ0v) is 11.0. The average Bonchev–Trinajstić information content (AvgIpc) is 3.02. The molecular weight excluding hydrogens is 232 g/mol. The third-order valence-corrected chi connectivity index (χ3v) is 3.87.